The summed E-state index contributed by atoms with van der Waals surface area (Å²) in [4.78, 5) is 23.7. The van der Waals surface area contributed by atoms with E-state index in [1.165, 1.54) is 24.0 Å². The van der Waals surface area contributed by atoms with Crippen molar-refractivity contribution in [2.75, 3.05) is 12.4 Å². The molecule has 1 aliphatic rings. The smallest absolute Gasteiger partial charge is 0.251 e. The van der Waals surface area contributed by atoms with E-state index in [1.807, 2.05) is 0 Å². The number of carbonyl (C=O) groups excluding carboxylic acids is 2. The van der Waals surface area contributed by atoms with Gasteiger partial charge in [-0.15, -0.1) is 0 Å². The molecule has 0 aliphatic heterocycles. The molecule has 0 radical (unpaired) electrons. The maximum absolute atomic E-state index is 12.2. The molecule has 0 spiro atoms. The van der Waals surface area contributed by atoms with Gasteiger partial charge in [-0.1, -0.05) is 18.2 Å². The van der Waals surface area contributed by atoms with Crippen molar-refractivity contribution in [3.05, 3.63) is 64.7 Å². The van der Waals surface area contributed by atoms with Crippen LogP contribution >= 0.6 is 0 Å². The van der Waals surface area contributed by atoms with Gasteiger partial charge in [0.15, 0.2) is 0 Å². The van der Waals surface area contributed by atoms with E-state index in [0.717, 1.165) is 18.4 Å². The van der Waals surface area contributed by atoms with Gasteiger partial charge in [-0.3, -0.25) is 9.59 Å². The monoisotopic (exact) mass is 322 g/mol. The largest absolute Gasteiger partial charge is 0.355 e. The molecule has 2 amide bonds. The first-order chi connectivity index (χ1) is 11.7. The molecule has 0 atom stereocenters. The van der Waals surface area contributed by atoms with Gasteiger partial charge in [0.25, 0.3) is 5.91 Å². The third-order valence-corrected chi connectivity index (χ3v) is 4.44. The molecule has 2 aromatic rings. The second-order valence-corrected chi connectivity index (χ2v) is 6.19. The van der Waals surface area contributed by atoms with Crippen molar-refractivity contribution < 1.29 is 9.59 Å². The molecule has 0 heterocycles. The zero-order chi connectivity index (χ0) is 16.9. The van der Waals surface area contributed by atoms with Crippen molar-refractivity contribution in [2.24, 2.45) is 0 Å². The van der Waals surface area contributed by atoms with Crippen molar-refractivity contribution in [3.8, 4) is 0 Å². The fraction of sp³-hybridized carbons (Fsp3) is 0.300. The van der Waals surface area contributed by atoms with Gasteiger partial charge in [0, 0.05) is 18.3 Å². The van der Waals surface area contributed by atoms with Crippen LogP contribution in [0.25, 0.3) is 0 Å². The van der Waals surface area contributed by atoms with Crippen LogP contribution in [0.4, 0.5) is 5.69 Å². The summed E-state index contributed by atoms with van der Waals surface area (Å²) in [6.07, 6.45) is 5.13. The van der Waals surface area contributed by atoms with E-state index in [1.54, 1.807) is 31.3 Å². The molecule has 0 aromatic heterocycles. The molecule has 0 fully saturated rings. The van der Waals surface area contributed by atoms with Crippen LogP contribution in [-0.4, -0.2) is 18.9 Å². The maximum Gasteiger partial charge on any atom is 0.251 e. The van der Waals surface area contributed by atoms with E-state index in [4.69, 9.17) is 0 Å². The van der Waals surface area contributed by atoms with E-state index in [2.05, 4.69) is 28.8 Å². The Kier molecular flexibility index (Phi) is 4.94. The SMILES string of the molecule is CNC(=O)c1ccc(NC(=O)Cc2ccc3c(c2)CCCC3)cc1. The van der Waals surface area contributed by atoms with Crippen LogP contribution in [-0.2, 0) is 24.1 Å². The van der Waals surface area contributed by atoms with Crippen LogP contribution in [0.2, 0.25) is 0 Å². The first kappa shape index (κ1) is 16.2. The lowest BCUT2D eigenvalue weighted by atomic mass is 9.90. The molecule has 0 saturated heterocycles. The van der Waals surface area contributed by atoms with Gasteiger partial charge < -0.3 is 10.6 Å². The fourth-order valence-electron chi connectivity index (χ4n) is 3.14. The molecular formula is C20H22N2O2. The highest BCUT2D eigenvalue weighted by atomic mass is 16.2. The van der Waals surface area contributed by atoms with Crippen molar-refractivity contribution in [1.29, 1.82) is 0 Å². The van der Waals surface area contributed by atoms with Crippen LogP contribution < -0.4 is 10.6 Å². The summed E-state index contributed by atoms with van der Waals surface area (Å²) in [6.45, 7) is 0. The van der Waals surface area contributed by atoms with Crippen LogP contribution in [0, 0.1) is 0 Å². The highest BCUT2D eigenvalue weighted by Gasteiger charge is 2.11. The zero-order valence-corrected chi connectivity index (χ0v) is 13.9. The number of amides is 2. The first-order valence-electron chi connectivity index (χ1n) is 8.38. The Hall–Kier alpha value is -2.62. The molecule has 24 heavy (non-hydrogen) atoms. The quantitative estimate of drug-likeness (QED) is 0.909. The Morgan fingerprint density at radius 1 is 0.958 bits per heavy atom. The topological polar surface area (TPSA) is 58.2 Å². The fourth-order valence-corrected chi connectivity index (χ4v) is 3.14. The normalized spacial score (nSPS) is 13.0. The van der Waals surface area contributed by atoms with E-state index in [0.29, 0.717) is 17.7 Å². The van der Waals surface area contributed by atoms with Gasteiger partial charge in [-0.25, -0.2) is 0 Å². The highest BCUT2D eigenvalue weighted by molar-refractivity contribution is 5.96. The maximum atomic E-state index is 12.2. The van der Waals surface area contributed by atoms with Gasteiger partial charge in [0.1, 0.15) is 0 Å². The number of benzene rings is 2. The summed E-state index contributed by atoms with van der Waals surface area (Å²) in [6, 6.07) is 13.3. The lowest BCUT2D eigenvalue weighted by molar-refractivity contribution is -0.115. The molecular weight excluding hydrogens is 300 g/mol. The van der Waals surface area contributed by atoms with Gasteiger partial charge in [-0.2, -0.15) is 0 Å². The first-order valence-corrected chi connectivity index (χ1v) is 8.38. The summed E-state index contributed by atoms with van der Waals surface area (Å²) >= 11 is 0. The predicted molar refractivity (Wildman–Crippen MR) is 95.2 cm³/mol. The summed E-state index contributed by atoms with van der Waals surface area (Å²) in [7, 11) is 1.59. The Labute approximate surface area is 142 Å². The molecule has 0 unspecified atom stereocenters. The highest BCUT2D eigenvalue weighted by Crippen LogP contribution is 2.22. The number of anilines is 1. The Morgan fingerprint density at radius 3 is 2.38 bits per heavy atom. The second kappa shape index (κ2) is 7.30. The number of rotatable bonds is 4. The van der Waals surface area contributed by atoms with Crippen molar-refractivity contribution in [1.82, 2.24) is 5.32 Å². The third kappa shape index (κ3) is 3.82. The van der Waals surface area contributed by atoms with Crippen molar-refractivity contribution in [3.63, 3.8) is 0 Å². The molecule has 1 aliphatic carbocycles. The van der Waals surface area contributed by atoms with E-state index < -0.39 is 0 Å². The van der Waals surface area contributed by atoms with Crippen LogP contribution in [0.1, 0.15) is 39.9 Å². The molecule has 0 bridgehead atoms. The number of aryl methyl sites for hydroxylation is 2. The Bertz CT molecular complexity index is 751. The number of hydrogen-bond donors (Lipinski definition) is 2. The zero-order valence-electron chi connectivity index (χ0n) is 13.9. The van der Waals surface area contributed by atoms with Crippen LogP contribution in [0.5, 0.6) is 0 Å². The average Bonchev–Trinajstić information content (AvgIpc) is 2.61. The van der Waals surface area contributed by atoms with Gasteiger partial charge in [0.05, 0.1) is 6.42 Å². The molecule has 2 aromatic carbocycles. The van der Waals surface area contributed by atoms with Crippen molar-refractivity contribution >= 4 is 17.5 Å². The molecule has 3 rings (SSSR count). The number of hydrogen-bond acceptors (Lipinski definition) is 2. The molecule has 0 saturated carbocycles. The van der Waals surface area contributed by atoms with E-state index in [9.17, 15) is 9.59 Å². The minimum atomic E-state index is -0.137. The minimum Gasteiger partial charge on any atom is -0.355 e. The Balaban J connectivity index is 1.62. The summed E-state index contributed by atoms with van der Waals surface area (Å²) in [5.41, 5.74) is 5.14. The standard InChI is InChI=1S/C20H22N2O2/c1-21-20(24)16-8-10-18(11-9-16)22-19(23)13-14-6-7-15-4-2-3-5-17(15)12-14/h6-12H,2-5,13H2,1H3,(H,21,24)(H,22,23). The molecule has 4 heteroatoms. The minimum absolute atomic E-state index is 0.0431. The lowest BCUT2D eigenvalue weighted by Crippen LogP contribution is -2.18. The van der Waals surface area contributed by atoms with Crippen molar-refractivity contribution in [2.45, 2.75) is 32.1 Å². The van der Waals surface area contributed by atoms with E-state index >= 15 is 0 Å². The number of nitrogens with one attached hydrogen (secondary N) is 2. The molecule has 124 valence electrons. The van der Waals surface area contributed by atoms with E-state index in [-0.39, 0.29) is 11.8 Å². The average molecular weight is 322 g/mol. The summed E-state index contributed by atoms with van der Waals surface area (Å²) in [5.74, 6) is -0.180. The van der Waals surface area contributed by atoms with Gasteiger partial charge in [-0.05, 0) is 66.6 Å². The third-order valence-electron chi connectivity index (χ3n) is 4.44. The summed E-state index contributed by atoms with van der Waals surface area (Å²) < 4.78 is 0. The second-order valence-electron chi connectivity index (χ2n) is 6.19. The van der Waals surface area contributed by atoms with Crippen LogP contribution in [0.3, 0.4) is 0 Å². The Morgan fingerprint density at radius 2 is 1.67 bits per heavy atom. The predicted octanol–water partition coefficient (Wildman–Crippen LogP) is 3.11. The van der Waals surface area contributed by atoms with Gasteiger partial charge >= 0.3 is 0 Å². The number of fused-ring (bicyclic) bond motifs is 1. The molecule has 2 N–H and O–H groups in total. The van der Waals surface area contributed by atoms with Crippen LogP contribution in [0.15, 0.2) is 42.5 Å². The van der Waals surface area contributed by atoms with Gasteiger partial charge in [0.2, 0.25) is 5.91 Å². The summed E-state index contributed by atoms with van der Waals surface area (Å²) in [5, 5.41) is 5.46. The number of carbonyl (C=O) groups is 2. The molecule has 4 nitrogen and oxygen atoms in total. The lowest BCUT2D eigenvalue weighted by Gasteiger charge is -2.16.